The van der Waals surface area contributed by atoms with Crippen molar-refractivity contribution in [3.05, 3.63) is 144 Å². The number of benzene rings is 4. The first-order chi connectivity index (χ1) is 21.2. The second-order valence-corrected chi connectivity index (χ2v) is 13.2. The number of halogens is 1. The molecule has 7 rings (SSSR count). The summed E-state index contributed by atoms with van der Waals surface area (Å²) in [6.45, 7) is 0. The van der Waals surface area contributed by atoms with Gasteiger partial charge in [-0.25, -0.2) is 0 Å². The van der Waals surface area contributed by atoms with Crippen LogP contribution in [0.3, 0.4) is 0 Å². The number of rotatable bonds is 7. The van der Waals surface area contributed by atoms with E-state index in [0.29, 0.717) is 5.16 Å². The van der Waals surface area contributed by atoms with Gasteiger partial charge in [-0.05, 0) is 54.0 Å². The molecular weight excluding hydrogens is 572 g/mol. The van der Waals surface area contributed by atoms with Crippen LogP contribution >= 0.6 is 23.4 Å². The Morgan fingerprint density at radius 3 is 1.98 bits per heavy atom. The Bertz CT molecular complexity index is 1630. The van der Waals surface area contributed by atoms with Crippen molar-refractivity contribution in [2.24, 2.45) is 5.92 Å². The molecule has 0 bridgehead atoms. The molecule has 2 fully saturated rings. The first-order valence-corrected chi connectivity index (χ1v) is 16.3. The van der Waals surface area contributed by atoms with Crippen molar-refractivity contribution >= 4 is 29.3 Å². The number of hydrogen-bond donors (Lipinski definition) is 1. The van der Waals surface area contributed by atoms with E-state index in [1.54, 1.807) is 0 Å². The number of carbonyl (C=O) groups excluding carboxylic acids is 1. The van der Waals surface area contributed by atoms with Gasteiger partial charge in [0.05, 0.1) is 11.2 Å². The van der Waals surface area contributed by atoms with Crippen LogP contribution in [0.2, 0.25) is 0 Å². The average Bonchev–Trinajstić information content (AvgIpc) is 3.46. The molecule has 1 aliphatic carbocycles. The minimum Gasteiger partial charge on any atom is -0.352 e. The van der Waals surface area contributed by atoms with Crippen molar-refractivity contribution in [2.45, 2.75) is 52.9 Å². The van der Waals surface area contributed by atoms with Crippen LogP contribution in [0.1, 0.15) is 53.6 Å². The van der Waals surface area contributed by atoms with E-state index in [4.69, 9.17) is 21.8 Å². The predicted octanol–water partition coefficient (Wildman–Crippen LogP) is 7.60. The van der Waals surface area contributed by atoms with E-state index in [1.807, 2.05) is 36.4 Å². The lowest BCUT2D eigenvalue weighted by Crippen LogP contribution is -2.57. The number of nitrogens with one attached hydrogen (secondary N) is 1. The van der Waals surface area contributed by atoms with Gasteiger partial charge in [-0.3, -0.25) is 9.36 Å². The molecule has 1 saturated heterocycles. The fourth-order valence-corrected chi connectivity index (χ4v) is 8.50. The SMILES string of the molecule is O=C1NC2CCC(Cl)CC2C(c2ccccc2)C1Sc1nnc(C(c2ccccc2)c2ccccc2)n1-c1ccccc1. The van der Waals surface area contributed by atoms with Crippen LogP contribution in [-0.2, 0) is 4.79 Å². The lowest BCUT2D eigenvalue weighted by molar-refractivity contribution is -0.125. The molecule has 2 heterocycles. The molecule has 5 unspecified atom stereocenters. The fraction of sp³-hybridized carbons (Fsp3) is 0.250. The van der Waals surface area contributed by atoms with Gasteiger partial charge >= 0.3 is 0 Å². The third kappa shape index (κ3) is 5.62. The summed E-state index contributed by atoms with van der Waals surface area (Å²) in [6.07, 6.45) is 2.71. The summed E-state index contributed by atoms with van der Waals surface area (Å²) in [5, 5.41) is 13.5. The summed E-state index contributed by atoms with van der Waals surface area (Å²) in [7, 11) is 0. The van der Waals surface area contributed by atoms with E-state index in [0.717, 1.165) is 41.9 Å². The molecule has 0 spiro atoms. The zero-order valence-electron chi connectivity index (χ0n) is 23.7. The molecule has 4 aromatic carbocycles. The van der Waals surface area contributed by atoms with E-state index in [2.05, 4.69) is 94.8 Å². The quantitative estimate of drug-likeness (QED) is 0.194. The molecule has 5 aromatic rings. The van der Waals surface area contributed by atoms with Gasteiger partial charge in [-0.15, -0.1) is 21.8 Å². The van der Waals surface area contributed by atoms with Gasteiger partial charge in [0, 0.05) is 23.0 Å². The lowest BCUT2D eigenvalue weighted by atomic mass is 9.69. The molecule has 1 N–H and O–H groups in total. The molecular formula is C36H33ClN4OS. The van der Waals surface area contributed by atoms with E-state index in [1.165, 1.54) is 17.3 Å². The standard InChI is InChI=1S/C36H33ClN4OS/c37-27-21-22-30-29(23-27)32(26-17-9-3-10-18-26)33(35(42)38-30)43-36-40-39-34(41(36)28-19-11-4-12-20-28)31(24-13-5-1-6-14-24)25-15-7-2-8-16-25/h1-20,27,29-33H,21-23H2,(H,38,42). The minimum atomic E-state index is -0.378. The Morgan fingerprint density at radius 1 is 0.767 bits per heavy atom. The molecule has 7 heteroatoms. The summed E-state index contributed by atoms with van der Waals surface area (Å²) in [6, 6.07) is 41.7. The highest BCUT2D eigenvalue weighted by Gasteiger charge is 2.48. The maximum Gasteiger partial charge on any atom is 0.234 e. The van der Waals surface area contributed by atoms with Crippen molar-refractivity contribution in [3.63, 3.8) is 0 Å². The molecule has 1 amide bonds. The van der Waals surface area contributed by atoms with Crippen molar-refractivity contribution in [3.8, 4) is 5.69 Å². The number of amides is 1. The second-order valence-electron chi connectivity index (χ2n) is 11.4. The number of thioether (sulfide) groups is 1. The highest BCUT2D eigenvalue weighted by atomic mass is 35.5. The number of hydrogen-bond acceptors (Lipinski definition) is 4. The van der Waals surface area contributed by atoms with Crippen LogP contribution in [0.15, 0.2) is 126 Å². The summed E-state index contributed by atoms with van der Waals surface area (Å²) in [4.78, 5) is 13.9. The number of para-hydroxylation sites is 1. The number of fused-ring (bicyclic) bond motifs is 1. The van der Waals surface area contributed by atoms with Crippen LogP contribution in [0, 0.1) is 5.92 Å². The van der Waals surface area contributed by atoms with Crippen molar-refractivity contribution in [1.29, 1.82) is 0 Å². The van der Waals surface area contributed by atoms with Crippen molar-refractivity contribution in [1.82, 2.24) is 20.1 Å². The van der Waals surface area contributed by atoms with Crippen LogP contribution in [0.25, 0.3) is 5.69 Å². The molecule has 1 aliphatic heterocycles. The highest BCUT2D eigenvalue weighted by Crippen LogP contribution is 2.48. The average molecular weight is 605 g/mol. The molecule has 5 nitrogen and oxygen atoms in total. The molecule has 216 valence electrons. The molecule has 1 saturated carbocycles. The summed E-state index contributed by atoms with van der Waals surface area (Å²) < 4.78 is 2.14. The number of nitrogens with zero attached hydrogens (tertiary/aromatic N) is 3. The molecule has 2 aliphatic rings. The third-order valence-corrected chi connectivity index (χ3v) is 10.5. The van der Waals surface area contributed by atoms with E-state index >= 15 is 0 Å². The van der Waals surface area contributed by atoms with Crippen molar-refractivity contribution in [2.75, 3.05) is 0 Å². The third-order valence-electron chi connectivity index (χ3n) is 8.82. The van der Waals surface area contributed by atoms with Crippen molar-refractivity contribution < 1.29 is 4.79 Å². The van der Waals surface area contributed by atoms with Crippen LogP contribution in [0.5, 0.6) is 0 Å². The zero-order valence-corrected chi connectivity index (χ0v) is 25.2. The Kier molecular flexibility index (Phi) is 8.05. The lowest BCUT2D eigenvalue weighted by Gasteiger charge is -2.46. The number of alkyl halides is 1. The zero-order chi connectivity index (χ0) is 29.2. The van der Waals surface area contributed by atoms with Gasteiger partial charge in [0.2, 0.25) is 5.91 Å². The molecule has 1 aromatic heterocycles. The molecule has 0 radical (unpaired) electrons. The van der Waals surface area contributed by atoms with Crippen LogP contribution in [0.4, 0.5) is 0 Å². The maximum atomic E-state index is 13.9. The maximum absolute atomic E-state index is 13.9. The van der Waals surface area contributed by atoms with E-state index in [9.17, 15) is 4.79 Å². The summed E-state index contributed by atoms with van der Waals surface area (Å²) >= 11 is 8.26. The Hall–Kier alpha value is -3.87. The smallest absolute Gasteiger partial charge is 0.234 e. The Labute approximate surface area is 261 Å². The van der Waals surface area contributed by atoms with Gasteiger partial charge in [0.25, 0.3) is 0 Å². The normalized spacial score (nSPS) is 23.5. The number of piperidine rings is 1. The molecule has 43 heavy (non-hydrogen) atoms. The van der Waals surface area contributed by atoms with Crippen LogP contribution in [-0.4, -0.2) is 37.3 Å². The van der Waals surface area contributed by atoms with E-state index in [-0.39, 0.29) is 40.3 Å². The highest BCUT2D eigenvalue weighted by molar-refractivity contribution is 8.00. The number of carbonyl (C=O) groups is 1. The first kappa shape index (κ1) is 27.9. The fourth-order valence-electron chi connectivity index (χ4n) is 6.86. The topological polar surface area (TPSA) is 59.8 Å². The Morgan fingerprint density at radius 2 is 1.35 bits per heavy atom. The van der Waals surface area contributed by atoms with Gasteiger partial charge < -0.3 is 5.32 Å². The van der Waals surface area contributed by atoms with Gasteiger partial charge in [0.1, 0.15) is 5.82 Å². The Balaban J connectivity index is 1.35. The minimum absolute atomic E-state index is 0.00918. The molecule has 5 atom stereocenters. The summed E-state index contributed by atoms with van der Waals surface area (Å²) in [5.74, 6) is 0.988. The van der Waals surface area contributed by atoms with Gasteiger partial charge in [-0.1, -0.05) is 121 Å². The van der Waals surface area contributed by atoms with Gasteiger partial charge in [0.15, 0.2) is 5.16 Å². The largest absolute Gasteiger partial charge is 0.352 e. The first-order valence-electron chi connectivity index (χ1n) is 14.9. The predicted molar refractivity (Wildman–Crippen MR) is 173 cm³/mol. The van der Waals surface area contributed by atoms with Gasteiger partial charge in [-0.2, -0.15) is 0 Å². The monoisotopic (exact) mass is 604 g/mol. The van der Waals surface area contributed by atoms with Crippen LogP contribution < -0.4 is 5.32 Å². The number of aromatic nitrogens is 3. The summed E-state index contributed by atoms with van der Waals surface area (Å²) in [5.41, 5.74) is 4.40. The van der Waals surface area contributed by atoms with E-state index < -0.39 is 0 Å². The second kappa shape index (κ2) is 12.4.